The predicted octanol–water partition coefficient (Wildman–Crippen LogP) is 3.60. The molecule has 0 radical (unpaired) electrons. The molecule has 2 aliphatic heterocycles. The molecule has 14 heteroatoms. The number of nitrogens with zero attached hydrogens (tertiary/aromatic N) is 6. The minimum atomic E-state index is -3.00. The number of fused-ring (bicyclic) bond motifs is 2. The Labute approximate surface area is 213 Å². The van der Waals surface area contributed by atoms with Crippen LogP contribution < -0.4 is 10.1 Å². The van der Waals surface area contributed by atoms with Gasteiger partial charge in [-0.15, -0.1) is 5.10 Å². The highest BCUT2D eigenvalue weighted by Crippen LogP contribution is 2.36. The van der Waals surface area contributed by atoms with E-state index in [1.165, 1.54) is 29.2 Å². The highest BCUT2D eigenvalue weighted by atomic mass is 19.3. The normalized spacial score (nSPS) is 20.1. The highest BCUT2D eigenvalue weighted by molar-refractivity contribution is 5.90. The SMILES string of the molecule is COc1nc(N[C@@H]2CN(C3COC3)CC2(F)F)nn2ccc(-c3cc(F)c4nc(C)n(CC(F)F)c4c3)c12. The van der Waals surface area contributed by atoms with Crippen molar-refractivity contribution in [3.8, 4) is 17.0 Å². The highest BCUT2D eigenvalue weighted by Gasteiger charge is 2.51. The number of rotatable bonds is 7. The van der Waals surface area contributed by atoms with Crippen molar-refractivity contribution < 1.29 is 31.4 Å². The summed E-state index contributed by atoms with van der Waals surface area (Å²) >= 11 is 0. The second-order valence-corrected chi connectivity index (χ2v) is 9.53. The Morgan fingerprint density at radius 1 is 1.24 bits per heavy atom. The van der Waals surface area contributed by atoms with E-state index in [0.29, 0.717) is 29.9 Å². The second kappa shape index (κ2) is 9.05. The van der Waals surface area contributed by atoms with E-state index in [-0.39, 0.29) is 47.8 Å². The van der Waals surface area contributed by atoms with Crippen LogP contribution in [0, 0.1) is 12.7 Å². The van der Waals surface area contributed by atoms with E-state index >= 15 is 4.39 Å². The monoisotopic (exact) mass is 537 g/mol. The zero-order valence-corrected chi connectivity index (χ0v) is 20.5. The van der Waals surface area contributed by atoms with Crippen molar-refractivity contribution in [3.05, 3.63) is 36.0 Å². The number of alkyl halides is 4. The van der Waals surface area contributed by atoms with Gasteiger partial charge in [-0.25, -0.2) is 31.5 Å². The van der Waals surface area contributed by atoms with E-state index < -0.39 is 30.8 Å². The number of likely N-dealkylation sites (tertiary alicyclic amines) is 1. The van der Waals surface area contributed by atoms with Gasteiger partial charge in [0.2, 0.25) is 11.8 Å². The van der Waals surface area contributed by atoms with Crippen LogP contribution in [0.25, 0.3) is 27.7 Å². The van der Waals surface area contributed by atoms with Crippen LogP contribution in [0.3, 0.4) is 0 Å². The lowest BCUT2D eigenvalue weighted by Crippen LogP contribution is -2.48. The molecule has 3 aromatic heterocycles. The molecule has 38 heavy (non-hydrogen) atoms. The molecule has 4 aromatic rings. The molecule has 0 aliphatic carbocycles. The molecule has 202 valence electrons. The average Bonchev–Trinajstić information content (AvgIpc) is 3.46. The van der Waals surface area contributed by atoms with Gasteiger partial charge in [-0.05, 0) is 30.7 Å². The summed E-state index contributed by atoms with van der Waals surface area (Å²) in [6.45, 7) is 1.49. The number of imidazole rings is 1. The standard InChI is InChI=1S/C24H24F5N7O2/c1-12-30-20-16(25)5-13(6-17(20)35(12)8-19(26)27)15-3-4-36-21(15)22(37-2)32-23(33-36)31-18-7-34(11-24(18,28)29)14-9-38-10-14/h3-6,14,18-19H,7-11H2,1-2H3,(H,31,33)/t18-/m1/s1. The molecule has 2 aliphatic rings. The first-order valence-corrected chi connectivity index (χ1v) is 12.0. The number of aryl methyl sites for hydroxylation is 1. The Kier molecular flexibility index (Phi) is 5.90. The van der Waals surface area contributed by atoms with Gasteiger partial charge < -0.3 is 19.4 Å². The summed E-state index contributed by atoms with van der Waals surface area (Å²) in [5.74, 6) is -3.39. The lowest BCUT2D eigenvalue weighted by atomic mass is 10.1. The molecule has 6 rings (SSSR count). The number of anilines is 1. The predicted molar refractivity (Wildman–Crippen MR) is 128 cm³/mol. The fourth-order valence-electron chi connectivity index (χ4n) is 5.08. The Bertz CT molecular complexity index is 1520. The van der Waals surface area contributed by atoms with Gasteiger partial charge in [0.1, 0.15) is 22.9 Å². The van der Waals surface area contributed by atoms with Gasteiger partial charge in [0.05, 0.1) is 45.0 Å². The summed E-state index contributed by atoms with van der Waals surface area (Å²) in [5.41, 5.74) is 1.42. The number of methoxy groups -OCH3 is 1. The molecule has 0 unspecified atom stereocenters. The van der Waals surface area contributed by atoms with Crippen LogP contribution in [0.1, 0.15) is 5.82 Å². The molecule has 2 saturated heterocycles. The van der Waals surface area contributed by atoms with Crippen LogP contribution in [0.5, 0.6) is 5.88 Å². The van der Waals surface area contributed by atoms with E-state index in [4.69, 9.17) is 9.47 Å². The Balaban J connectivity index is 1.37. The fourth-order valence-corrected chi connectivity index (χ4v) is 5.08. The lowest BCUT2D eigenvalue weighted by Gasteiger charge is -2.34. The van der Waals surface area contributed by atoms with Crippen molar-refractivity contribution in [3.63, 3.8) is 0 Å². The van der Waals surface area contributed by atoms with Crippen molar-refractivity contribution >= 4 is 22.5 Å². The first-order chi connectivity index (χ1) is 18.1. The van der Waals surface area contributed by atoms with Gasteiger partial charge in [-0.1, -0.05) is 0 Å². The van der Waals surface area contributed by atoms with Gasteiger partial charge in [0.15, 0.2) is 5.82 Å². The third-order valence-corrected chi connectivity index (χ3v) is 7.08. The van der Waals surface area contributed by atoms with Gasteiger partial charge in [-0.2, -0.15) is 4.98 Å². The number of benzene rings is 1. The van der Waals surface area contributed by atoms with Crippen molar-refractivity contribution in [2.45, 2.75) is 37.9 Å². The van der Waals surface area contributed by atoms with Crippen molar-refractivity contribution in [1.82, 2.24) is 29.0 Å². The topological polar surface area (TPSA) is 81.7 Å². The summed E-state index contributed by atoms with van der Waals surface area (Å²) in [4.78, 5) is 10.1. The number of hydrogen-bond acceptors (Lipinski definition) is 7. The van der Waals surface area contributed by atoms with Gasteiger partial charge in [0.25, 0.3) is 12.3 Å². The van der Waals surface area contributed by atoms with Gasteiger partial charge in [-0.3, -0.25) is 4.90 Å². The number of ether oxygens (including phenoxy) is 2. The number of hydrogen-bond donors (Lipinski definition) is 1. The third kappa shape index (κ3) is 4.11. The lowest BCUT2D eigenvalue weighted by molar-refractivity contribution is -0.0711. The van der Waals surface area contributed by atoms with E-state index in [2.05, 4.69) is 20.4 Å². The molecule has 0 saturated carbocycles. The van der Waals surface area contributed by atoms with Crippen LogP contribution >= 0.6 is 0 Å². The molecular formula is C24H24F5N7O2. The quantitative estimate of drug-likeness (QED) is 0.361. The molecule has 0 bridgehead atoms. The summed E-state index contributed by atoms with van der Waals surface area (Å²) < 4.78 is 84.1. The minimum absolute atomic E-state index is 0.00915. The first kappa shape index (κ1) is 24.8. The minimum Gasteiger partial charge on any atom is -0.479 e. The molecule has 5 heterocycles. The third-order valence-electron chi connectivity index (χ3n) is 7.08. The molecule has 0 amide bonds. The van der Waals surface area contributed by atoms with Gasteiger partial charge in [0, 0.05) is 18.3 Å². The summed E-state index contributed by atoms with van der Waals surface area (Å²) in [6, 6.07) is 3.21. The molecule has 1 aromatic carbocycles. The van der Waals surface area contributed by atoms with E-state index in [1.54, 1.807) is 23.2 Å². The second-order valence-electron chi connectivity index (χ2n) is 9.53. The van der Waals surface area contributed by atoms with E-state index in [0.717, 1.165) is 0 Å². The van der Waals surface area contributed by atoms with Crippen LogP contribution in [0.2, 0.25) is 0 Å². The Hall–Kier alpha value is -3.52. The maximum Gasteiger partial charge on any atom is 0.281 e. The zero-order valence-electron chi connectivity index (χ0n) is 20.5. The Morgan fingerprint density at radius 2 is 2.03 bits per heavy atom. The average molecular weight is 537 g/mol. The largest absolute Gasteiger partial charge is 0.479 e. The smallest absolute Gasteiger partial charge is 0.281 e. The summed E-state index contributed by atoms with van der Waals surface area (Å²) in [5, 5.41) is 7.08. The van der Waals surface area contributed by atoms with E-state index in [9.17, 15) is 17.6 Å². The molecule has 1 atom stereocenters. The van der Waals surface area contributed by atoms with Crippen LogP contribution in [0.15, 0.2) is 24.4 Å². The number of aromatic nitrogens is 5. The van der Waals surface area contributed by atoms with Crippen molar-refractivity contribution in [2.24, 2.45) is 0 Å². The number of nitrogens with one attached hydrogen (secondary N) is 1. The van der Waals surface area contributed by atoms with Crippen molar-refractivity contribution in [2.75, 3.05) is 38.7 Å². The van der Waals surface area contributed by atoms with E-state index in [1.807, 2.05) is 0 Å². The summed E-state index contributed by atoms with van der Waals surface area (Å²) in [6.07, 6.45) is -1.08. The summed E-state index contributed by atoms with van der Waals surface area (Å²) in [7, 11) is 1.37. The molecule has 1 N–H and O–H groups in total. The fraction of sp³-hybridized carbons (Fsp3) is 0.458. The molecule has 0 spiro atoms. The van der Waals surface area contributed by atoms with Crippen LogP contribution in [-0.4, -0.2) is 86.9 Å². The maximum absolute atomic E-state index is 15.0. The zero-order chi connectivity index (χ0) is 26.8. The Morgan fingerprint density at radius 3 is 2.71 bits per heavy atom. The van der Waals surface area contributed by atoms with Gasteiger partial charge >= 0.3 is 0 Å². The van der Waals surface area contributed by atoms with Crippen LogP contribution in [-0.2, 0) is 11.3 Å². The molecule has 9 nitrogen and oxygen atoms in total. The van der Waals surface area contributed by atoms with Crippen molar-refractivity contribution in [1.29, 1.82) is 0 Å². The maximum atomic E-state index is 15.0. The first-order valence-electron chi connectivity index (χ1n) is 12.0. The number of halogens is 5. The van der Waals surface area contributed by atoms with Crippen LogP contribution in [0.4, 0.5) is 27.9 Å². The molecular weight excluding hydrogens is 513 g/mol. The molecule has 2 fully saturated rings.